The summed E-state index contributed by atoms with van der Waals surface area (Å²) in [7, 11) is 0. The van der Waals surface area contributed by atoms with Crippen molar-refractivity contribution in [3.05, 3.63) is 0 Å². The van der Waals surface area contributed by atoms with E-state index in [4.69, 9.17) is 0 Å². The first-order chi connectivity index (χ1) is 6.78. The Balaban J connectivity index is 1.92. The second-order valence-corrected chi connectivity index (χ2v) is 6.19. The van der Waals surface area contributed by atoms with Crippen molar-refractivity contribution in [2.24, 2.45) is 5.92 Å². The average Bonchev–Trinajstić information content (AvgIpc) is 3.03. The Kier molecular flexibility index (Phi) is 3.43. The van der Waals surface area contributed by atoms with Gasteiger partial charge in [0, 0.05) is 4.75 Å². The first-order valence-electron chi connectivity index (χ1n) is 6.02. The third-order valence-corrected chi connectivity index (χ3v) is 5.50. The molecule has 1 atom stereocenters. The van der Waals surface area contributed by atoms with Crippen LogP contribution in [0.4, 0.5) is 0 Å². The largest absolute Gasteiger partial charge is 0.391 e. The Morgan fingerprint density at radius 3 is 2.14 bits per heavy atom. The fourth-order valence-corrected chi connectivity index (χ4v) is 3.74. The molecule has 0 saturated heterocycles. The molecule has 0 spiro atoms. The molecular formula is C12H22OS. The molecule has 2 saturated carbocycles. The predicted octanol–water partition coefficient (Wildman–Crippen LogP) is 3.21. The first-order valence-corrected chi connectivity index (χ1v) is 7.24. The van der Waals surface area contributed by atoms with Gasteiger partial charge in [-0.25, -0.2) is 0 Å². The fraction of sp³-hybridized carbons (Fsp3) is 1.00. The van der Waals surface area contributed by atoms with Crippen LogP contribution in [-0.2, 0) is 0 Å². The molecule has 1 nitrogen and oxygen atoms in total. The van der Waals surface area contributed by atoms with Gasteiger partial charge < -0.3 is 5.11 Å². The van der Waals surface area contributed by atoms with E-state index in [-0.39, 0.29) is 10.9 Å². The second kappa shape index (κ2) is 4.44. The first kappa shape index (κ1) is 10.8. The molecule has 2 rings (SSSR count). The Morgan fingerprint density at radius 1 is 1.14 bits per heavy atom. The van der Waals surface area contributed by atoms with E-state index in [2.05, 4.69) is 6.26 Å². The van der Waals surface area contributed by atoms with Crippen LogP contribution in [0, 0.1) is 5.92 Å². The molecule has 2 heteroatoms. The number of hydrogen-bond acceptors (Lipinski definition) is 2. The second-order valence-electron chi connectivity index (χ2n) is 4.97. The molecule has 1 unspecified atom stereocenters. The van der Waals surface area contributed by atoms with Gasteiger partial charge in [0.05, 0.1) is 6.10 Å². The normalized spacial score (nSPS) is 29.6. The topological polar surface area (TPSA) is 20.2 Å². The van der Waals surface area contributed by atoms with E-state index in [1.54, 1.807) is 0 Å². The predicted molar refractivity (Wildman–Crippen MR) is 62.7 cm³/mol. The van der Waals surface area contributed by atoms with Crippen molar-refractivity contribution in [2.75, 3.05) is 6.26 Å². The van der Waals surface area contributed by atoms with E-state index in [1.807, 2.05) is 11.8 Å². The van der Waals surface area contributed by atoms with Gasteiger partial charge in [0.1, 0.15) is 0 Å². The molecule has 0 aromatic heterocycles. The van der Waals surface area contributed by atoms with Gasteiger partial charge in [0.2, 0.25) is 0 Å². The minimum absolute atomic E-state index is 0.0180. The summed E-state index contributed by atoms with van der Waals surface area (Å²) < 4.78 is 0.273. The summed E-state index contributed by atoms with van der Waals surface area (Å²) in [4.78, 5) is 0. The quantitative estimate of drug-likeness (QED) is 0.728. The molecular weight excluding hydrogens is 192 g/mol. The van der Waals surface area contributed by atoms with E-state index < -0.39 is 0 Å². The molecule has 0 heterocycles. The average molecular weight is 214 g/mol. The van der Waals surface area contributed by atoms with E-state index in [9.17, 15) is 5.11 Å². The Morgan fingerprint density at radius 2 is 1.71 bits per heavy atom. The molecule has 82 valence electrons. The Bertz CT molecular complexity index is 181. The summed E-state index contributed by atoms with van der Waals surface area (Å²) in [5.41, 5.74) is 0. The van der Waals surface area contributed by atoms with Gasteiger partial charge in [-0.2, -0.15) is 11.8 Å². The highest BCUT2D eigenvalue weighted by molar-refractivity contribution is 8.00. The Labute approximate surface area is 91.7 Å². The van der Waals surface area contributed by atoms with Gasteiger partial charge in [-0.05, 0) is 37.9 Å². The number of hydrogen-bond donors (Lipinski definition) is 1. The molecule has 1 N–H and O–H groups in total. The van der Waals surface area contributed by atoms with E-state index in [0.717, 1.165) is 0 Å². The molecule has 14 heavy (non-hydrogen) atoms. The van der Waals surface area contributed by atoms with Crippen LogP contribution in [0.5, 0.6) is 0 Å². The van der Waals surface area contributed by atoms with Crippen LogP contribution in [0.1, 0.15) is 51.4 Å². The highest BCUT2D eigenvalue weighted by atomic mass is 32.2. The summed E-state index contributed by atoms with van der Waals surface area (Å²) in [5, 5.41) is 10.4. The minimum Gasteiger partial charge on any atom is -0.391 e. The van der Waals surface area contributed by atoms with Crippen molar-refractivity contribution in [3.63, 3.8) is 0 Å². The maximum absolute atomic E-state index is 10.4. The lowest BCUT2D eigenvalue weighted by molar-refractivity contribution is 0.0895. The molecule has 2 aliphatic rings. The van der Waals surface area contributed by atoms with Gasteiger partial charge in [0.25, 0.3) is 0 Å². The lowest BCUT2D eigenvalue weighted by Crippen LogP contribution is -2.32. The Hall–Kier alpha value is 0.310. The zero-order valence-corrected chi connectivity index (χ0v) is 9.98. The van der Waals surface area contributed by atoms with Crippen LogP contribution in [-0.4, -0.2) is 22.2 Å². The monoisotopic (exact) mass is 214 g/mol. The van der Waals surface area contributed by atoms with Gasteiger partial charge in [-0.15, -0.1) is 0 Å². The maximum Gasteiger partial charge on any atom is 0.0714 e. The van der Waals surface area contributed by atoms with Crippen LogP contribution >= 0.6 is 11.8 Å². The van der Waals surface area contributed by atoms with Crippen LogP contribution in [0.25, 0.3) is 0 Å². The summed E-state index contributed by atoms with van der Waals surface area (Å²) in [6, 6.07) is 0. The van der Waals surface area contributed by atoms with Crippen LogP contribution < -0.4 is 0 Å². The molecule has 0 amide bonds. The van der Waals surface area contributed by atoms with E-state index in [1.165, 1.54) is 51.4 Å². The van der Waals surface area contributed by atoms with Crippen molar-refractivity contribution < 1.29 is 5.11 Å². The number of thioether (sulfide) groups is 1. The van der Waals surface area contributed by atoms with Gasteiger partial charge in [-0.3, -0.25) is 0 Å². The molecule has 0 aliphatic heterocycles. The van der Waals surface area contributed by atoms with Crippen LogP contribution in [0.15, 0.2) is 0 Å². The SMILES string of the molecule is CSC1(C(O)C2CCCCCC2)CC1. The maximum atomic E-state index is 10.4. The highest BCUT2D eigenvalue weighted by Crippen LogP contribution is 2.53. The summed E-state index contributed by atoms with van der Waals surface area (Å²) in [6.45, 7) is 0. The fourth-order valence-electron chi connectivity index (χ4n) is 2.80. The summed E-state index contributed by atoms with van der Waals surface area (Å²) in [6.07, 6.45) is 12.6. The van der Waals surface area contributed by atoms with Crippen molar-refractivity contribution >= 4 is 11.8 Å². The van der Waals surface area contributed by atoms with Gasteiger partial charge in [-0.1, -0.05) is 25.7 Å². The third kappa shape index (κ3) is 2.11. The summed E-state index contributed by atoms with van der Waals surface area (Å²) >= 11 is 1.90. The van der Waals surface area contributed by atoms with Gasteiger partial charge >= 0.3 is 0 Å². The number of aliphatic hydroxyl groups is 1. The highest BCUT2D eigenvalue weighted by Gasteiger charge is 2.50. The molecule has 0 radical (unpaired) electrons. The molecule has 2 fully saturated rings. The van der Waals surface area contributed by atoms with Crippen LogP contribution in [0.2, 0.25) is 0 Å². The third-order valence-electron chi connectivity index (χ3n) is 4.03. The number of aliphatic hydroxyl groups excluding tert-OH is 1. The lowest BCUT2D eigenvalue weighted by Gasteiger charge is -2.28. The van der Waals surface area contributed by atoms with Crippen molar-refractivity contribution in [1.82, 2.24) is 0 Å². The van der Waals surface area contributed by atoms with E-state index in [0.29, 0.717) is 5.92 Å². The molecule has 0 aromatic carbocycles. The summed E-state index contributed by atoms with van der Waals surface area (Å²) in [5.74, 6) is 0.604. The minimum atomic E-state index is -0.0180. The van der Waals surface area contributed by atoms with Crippen molar-refractivity contribution in [3.8, 4) is 0 Å². The van der Waals surface area contributed by atoms with Crippen molar-refractivity contribution in [1.29, 1.82) is 0 Å². The lowest BCUT2D eigenvalue weighted by atomic mass is 9.91. The number of rotatable bonds is 3. The van der Waals surface area contributed by atoms with Gasteiger partial charge in [0.15, 0.2) is 0 Å². The molecule has 2 aliphatic carbocycles. The molecule has 0 aromatic rings. The zero-order valence-electron chi connectivity index (χ0n) is 9.17. The van der Waals surface area contributed by atoms with Crippen LogP contribution in [0.3, 0.4) is 0 Å². The standard InChI is InChI=1S/C12H22OS/c1-14-12(8-9-12)11(13)10-6-4-2-3-5-7-10/h10-11,13H,2-9H2,1H3. The zero-order chi connectivity index (χ0) is 10.0. The smallest absolute Gasteiger partial charge is 0.0714 e. The molecule has 0 bridgehead atoms. The van der Waals surface area contributed by atoms with Crippen molar-refractivity contribution in [2.45, 2.75) is 62.2 Å². The van der Waals surface area contributed by atoms with E-state index >= 15 is 0 Å².